The van der Waals surface area contributed by atoms with Gasteiger partial charge in [0.1, 0.15) is 11.6 Å². The van der Waals surface area contributed by atoms with Crippen molar-refractivity contribution in [3.63, 3.8) is 0 Å². The van der Waals surface area contributed by atoms with Crippen molar-refractivity contribution in [2.45, 2.75) is 23.0 Å². The van der Waals surface area contributed by atoms with Crippen molar-refractivity contribution in [2.24, 2.45) is 0 Å². The van der Waals surface area contributed by atoms with E-state index in [9.17, 15) is 30.8 Å². The number of carbonyl (C=O) groups excluding carboxylic acids is 2. The molecule has 1 heterocycles. The van der Waals surface area contributed by atoms with E-state index in [-0.39, 0.29) is 48.0 Å². The molecule has 0 aromatic heterocycles. The lowest BCUT2D eigenvalue weighted by molar-refractivity contribution is -0.118. The molecular weight excluding hydrogens is 473 g/mol. The number of rotatable bonds is 7. The third kappa shape index (κ3) is 6.08. The molecule has 0 aliphatic carbocycles. The molecule has 12 heteroatoms. The van der Waals surface area contributed by atoms with Crippen LogP contribution in [-0.2, 0) is 24.7 Å². The van der Waals surface area contributed by atoms with Crippen molar-refractivity contribution in [1.82, 2.24) is 10.2 Å². The summed E-state index contributed by atoms with van der Waals surface area (Å²) < 4.78 is 65.5. The van der Waals surface area contributed by atoms with Crippen molar-refractivity contribution in [1.29, 1.82) is 0 Å². The van der Waals surface area contributed by atoms with Crippen LogP contribution in [-0.4, -0.2) is 64.7 Å². The number of sulfone groups is 1. The van der Waals surface area contributed by atoms with Crippen LogP contribution >= 0.6 is 0 Å². The Hall–Kier alpha value is -2.99. The Balaban J connectivity index is 1.67. The molecule has 33 heavy (non-hydrogen) atoms. The summed E-state index contributed by atoms with van der Waals surface area (Å²) in [6, 6.07) is 10.4. The van der Waals surface area contributed by atoms with Gasteiger partial charge < -0.3 is 10.2 Å². The Morgan fingerprint density at radius 2 is 1.70 bits per heavy atom. The smallest absolute Gasteiger partial charge is 0.261 e. The highest BCUT2D eigenvalue weighted by Gasteiger charge is 2.33. The molecule has 0 bridgehead atoms. The summed E-state index contributed by atoms with van der Waals surface area (Å²) in [5, 5.41) is 1.59. The van der Waals surface area contributed by atoms with Gasteiger partial charge in [-0.05, 0) is 49.2 Å². The number of likely N-dealkylation sites (tertiary alicyclic amines) is 1. The largest absolute Gasteiger partial charge is 0.358 e. The van der Waals surface area contributed by atoms with Gasteiger partial charge in [-0.25, -0.2) is 21.2 Å². The zero-order valence-corrected chi connectivity index (χ0v) is 19.5. The third-order valence-electron chi connectivity index (χ3n) is 5.32. The van der Waals surface area contributed by atoms with Crippen LogP contribution in [0.2, 0.25) is 0 Å². The second-order valence-corrected chi connectivity index (χ2v) is 11.6. The van der Waals surface area contributed by atoms with Crippen molar-refractivity contribution >= 4 is 37.4 Å². The van der Waals surface area contributed by atoms with Crippen LogP contribution in [0.3, 0.4) is 0 Å². The fourth-order valence-corrected chi connectivity index (χ4v) is 6.29. The summed E-state index contributed by atoms with van der Waals surface area (Å²) in [7, 11) is -6.31. The van der Waals surface area contributed by atoms with Crippen LogP contribution in [0.15, 0.2) is 53.4 Å². The summed E-state index contributed by atoms with van der Waals surface area (Å²) in [6.45, 7) is 0.380. The van der Waals surface area contributed by atoms with Crippen LogP contribution in [0.1, 0.15) is 23.2 Å². The van der Waals surface area contributed by atoms with Gasteiger partial charge in [-0.15, -0.1) is 0 Å². The van der Waals surface area contributed by atoms with Crippen LogP contribution < -0.4 is 10.0 Å². The van der Waals surface area contributed by atoms with Gasteiger partial charge in [-0.3, -0.25) is 14.3 Å². The predicted octanol–water partition coefficient (Wildman–Crippen LogP) is 1.39. The van der Waals surface area contributed by atoms with Gasteiger partial charge >= 0.3 is 0 Å². The molecule has 2 amide bonds. The van der Waals surface area contributed by atoms with E-state index in [1.165, 1.54) is 48.3 Å². The van der Waals surface area contributed by atoms with E-state index in [1.54, 1.807) is 0 Å². The van der Waals surface area contributed by atoms with Gasteiger partial charge in [0, 0.05) is 31.4 Å². The third-order valence-corrected chi connectivity index (χ3v) is 8.85. The molecule has 2 N–H and O–H groups in total. The van der Waals surface area contributed by atoms with Crippen LogP contribution in [0.4, 0.5) is 10.1 Å². The molecule has 0 saturated carbocycles. The molecule has 1 saturated heterocycles. The minimum atomic E-state index is -4.05. The van der Waals surface area contributed by atoms with E-state index in [2.05, 4.69) is 10.0 Å². The molecule has 2 aromatic rings. The number of amides is 2. The van der Waals surface area contributed by atoms with Gasteiger partial charge in [0.05, 0.1) is 10.1 Å². The van der Waals surface area contributed by atoms with E-state index >= 15 is 0 Å². The number of hydrogen-bond acceptors (Lipinski definition) is 6. The van der Waals surface area contributed by atoms with Gasteiger partial charge in [-0.1, -0.05) is 12.1 Å². The van der Waals surface area contributed by atoms with E-state index in [1.807, 2.05) is 0 Å². The molecule has 0 radical (unpaired) electrons. The molecule has 1 fully saturated rings. The monoisotopic (exact) mass is 497 g/mol. The molecule has 178 valence electrons. The van der Waals surface area contributed by atoms with E-state index in [4.69, 9.17) is 0 Å². The topological polar surface area (TPSA) is 130 Å². The first kappa shape index (κ1) is 24.6. The lowest BCUT2D eigenvalue weighted by Gasteiger charge is -2.31. The second kappa shape index (κ2) is 9.87. The lowest BCUT2D eigenvalue weighted by Crippen LogP contribution is -2.44. The lowest BCUT2D eigenvalue weighted by atomic mass is 10.1. The average molecular weight is 498 g/mol. The highest BCUT2D eigenvalue weighted by Crippen LogP contribution is 2.22. The van der Waals surface area contributed by atoms with Crippen molar-refractivity contribution < 1.29 is 30.8 Å². The summed E-state index contributed by atoms with van der Waals surface area (Å²) >= 11 is 0. The number of benzene rings is 2. The zero-order valence-electron chi connectivity index (χ0n) is 17.8. The molecule has 2 aromatic carbocycles. The fraction of sp³-hybridized carbons (Fsp3) is 0.333. The first-order valence-electron chi connectivity index (χ1n) is 10.1. The van der Waals surface area contributed by atoms with Crippen molar-refractivity contribution in [3.8, 4) is 0 Å². The SMILES string of the molecule is CNC(=O)CS(=O)(=O)C1CCN(C(=O)c2cccc(NS(=O)(=O)c3cccc(F)c3)c2)CC1. The summed E-state index contributed by atoms with van der Waals surface area (Å²) in [4.78, 5) is 25.6. The van der Waals surface area contributed by atoms with Gasteiger partial charge in [0.25, 0.3) is 15.9 Å². The van der Waals surface area contributed by atoms with Gasteiger partial charge in [-0.2, -0.15) is 0 Å². The maximum absolute atomic E-state index is 13.4. The first-order chi connectivity index (χ1) is 15.5. The number of hydrogen-bond donors (Lipinski definition) is 2. The first-order valence-corrected chi connectivity index (χ1v) is 13.3. The highest BCUT2D eigenvalue weighted by molar-refractivity contribution is 7.93. The average Bonchev–Trinajstić information content (AvgIpc) is 2.78. The molecule has 0 atom stereocenters. The number of piperidine rings is 1. The van der Waals surface area contributed by atoms with Crippen LogP contribution in [0, 0.1) is 5.82 Å². The number of halogens is 1. The molecule has 9 nitrogen and oxygen atoms in total. The number of anilines is 1. The summed E-state index contributed by atoms with van der Waals surface area (Å²) in [6.07, 6.45) is 0.411. The van der Waals surface area contributed by atoms with Crippen molar-refractivity contribution in [2.75, 3.05) is 30.6 Å². The van der Waals surface area contributed by atoms with E-state index < -0.39 is 42.6 Å². The second-order valence-electron chi connectivity index (χ2n) is 7.62. The molecular formula is C21H24FN3O6S2. The number of carbonyl (C=O) groups is 2. The van der Waals surface area contributed by atoms with E-state index in [0.29, 0.717) is 0 Å². The molecule has 0 unspecified atom stereocenters. The maximum Gasteiger partial charge on any atom is 0.261 e. The number of nitrogens with one attached hydrogen (secondary N) is 2. The van der Waals surface area contributed by atoms with E-state index in [0.717, 1.165) is 12.1 Å². The Kier molecular flexibility index (Phi) is 7.38. The summed E-state index contributed by atoms with van der Waals surface area (Å²) in [5.41, 5.74) is 0.356. The van der Waals surface area contributed by atoms with Crippen LogP contribution in [0.25, 0.3) is 0 Å². The quantitative estimate of drug-likeness (QED) is 0.595. The Labute approximate surface area is 192 Å². The Morgan fingerprint density at radius 3 is 2.33 bits per heavy atom. The minimum Gasteiger partial charge on any atom is -0.358 e. The van der Waals surface area contributed by atoms with Crippen LogP contribution in [0.5, 0.6) is 0 Å². The van der Waals surface area contributed by atoms with Crippen molar-refractivity contribution in [3.05, 3.63) is 59.9 Å². The Morgan fingerprint density at radius 1 is 1.03 bits per heavy atom. The Bertz CT molecular complexity index is 1260. The molecule has 1 aliphatic heterocycles. The van der Waals surface area contributed by atoms with Gasteiger partial charge in [0.15, 0.2) is 9.84 Å². The molecule has 3 rings (SSSR count). The number of sulfonamides is 1. The molecule has 0 spiro atoms. The predicted molar refractivity (Wildman–Crippen MR) is 120 cm³/mol. The maximum atomic E-state index is 13.4. The van der Waals surface area contributed by atoms with Gasteiger partial charge in [0.2, 0.25) is 5.91 Å². The summed E-state index contributed by atoms with van der Waals surface area (Å²) in [5.74, 6) is -2.23. The standard InChI is InChI=1S/C21H24FN3O6S2/c1-23-20(26)14-32(28,29)18-8-10-25(11-9-18)21(27)15-4-2-6-17(12-15)24-33(30,31)19-7-3-5-16(22)13-19/h2-7,12-13,18,24H,8-11,14H2,1H3,(H,23,26). The highest BCUT2D eigenvalue weighted by atomic mass is 32.2. The fourth-order valence-electron chi connectivity index (χ4n) is 3.54. The minimum absolute atomic E-state index is 0.133. The normalized spacial score (nSPS) is 15.2. The zero-order chi connectivity index (χ0) is 24.2. The molecule has 1 aliphatic rings. The number of nitrogens with zero attached hydrogens (tertiary/aromatic N) is 1.